The van der Waals surface area contributed by atoms with E-state index in [2.05, 4.69) is 33.4 Å². The van der Waals surface area contributed by atoms with Gasteiger partial charge in [-0.1, -0.05) is 13.8 Å². The molecule has 0 unspecified atom stereocenters. The van der Waals surface area contributed by atoms with Crippen LogP contribution >= 0.6 is 0 Å². The summed E-state index contributed by atoms with van der Waals surface area (Å²) in [5.41, 5.74) is 1.01. The highest BCUT2D eigenvalue weighted by molar-refractivity contribution is 5.76. The van der Waals surface area contributed by atoms with E-state index in [9.17, 15) is 4.79 Å². The fourth-order valence-electron chi connectivity index (χ4n) is 3.28. The number of hydrogen-bond acceptors (Lipinski definition) is 5. The van der Waals surface area contributed by atoms with Crippen LogP contribution in [0.3, 0.4) is 0 Å². The van der Waals surface area contributed by atoms with Gasteiger partial charge < -0.3 is 14.2 Å². The smallest absolute Gasteiger partial charge is 0.224 e. The van der Waals surface area contributed by atoms with Crippen molar-refractivity contribution in [2.45, 2.75) is 51.7 Å². The third-order valence-electron chi connectivity index (χ3n) is 4.69. The zero-order valence-electron chi connectivity index (χ0n) is 15.5. The van der Waals surface area contributed by atoms with Gasteiger partial charge in [-0.3, -0.25) is 4.79 Å². The quantitative estimate of drug-likeness (QED) is 0.758. The van der Waals surface area contributed by atoms with Crippen molar-refractivity contribution >= 4 is 5.91 Å². The molecule has 0 spiro atoms. The van der Waals surface area contributed by atoms with Crippen LogP contribution in [0, 0.1) is 0 Å². The van der Waals surface area contributed by atoms with Crippen LogP contribution < -0.4 is 0 Å². The maximum atomic E-state index is 12.6. The van der Waals surface area contributed by atoms with Crippen molar-refractivity contribution in [2.24, 2.45) is 0 Å². The second-order valence-corrected chi connectivity index (χ2v) is 6.96. The standard InChI is InChI=1S/C19H27N5O2/c1-15(2)19-21-8-10-23(19)9-6-18(25)24-11-12-26-17(13-24)4-3-16-5-7-20-14-22-16/h5,7-8,10,14-15,17H,3-4,6,9,11-13H2,1-2H3/t17-/m0/s1. The Balaban J connectivity index is 1.47. The van der Waals surface area contributed by atoms with Gasteiger partial charge in [-0.2, -0.15) is 0 Å². The van der Waals surface area contributed by atoms with Gasteiger partial charge in [0.2, 0.25) is 5.91 Å². The van der Waals surface area contributed by atoms with E-state index in [1.807, 2.05) is 17.2 Å². The molecule has 1 aliphatic rings. The highest BCUT2D eigenvalue weighted by Gasteiger charge is 2.24. The summed E-state index contributed by atoms with van der Waals surface area (Å²) in [6.45, 7) is 6.84. The van der Waals surface area contributed by atoms with E-state index in [1.54, 1.807) is 18.7 Å². The summed E-state index contributed by atoms with van der Waals surface area (Å²) in [5, 5.41) is 0. The number of aromatic nitrogens is 4. The van der Waals surface area contributed by atoms with Crippen LogP contribution in [0.25, 0.3) is 0 Å². The zero-order valence-corrected chi connectivity index (χ0v) is 15.5. The number of amides is 1. The fraction of sp³-hybridized carbons (Fsp3) is 0.579. The summed E-state index contributed by atoms with van der Waals surface area (Å²) in [5.74, 6) is 1.57. The van der Waals surface area contributed by atoms with Crippen molar-refractivity contribution in [3.63, 3.8) is 0 Å². The van der Waals surface area contributed by atoms with Gasteiger partial charge in [0.1, 0.15) is 12.2 Å². The molecule has 0 N–H and O–H groups in total. The minimum absolute atomic E-state index is 0.0714. The number of ether oxygens (including phenoxy) is 1. The Morgan fingerprint density at radius 3 is 3.00 bits per heavy atom. The third-order valence-corrected chi connectivity index (χ3v) is 4.69. The number of morpholine rings is 1. The number of hydrogen-bond donors (Lipinski definition) is 0. The van der Waals surface area contributed by atoms with Crippen LogP contribution in [-0.2, 0) is 22.5 Å². The molecule has 1 fully saturated rings. The molecule has 2 aromatic heterocycles. The second-order valence-electron chi connectivity index (χ2n) is 6.96. The first-order valence-electron chi connectivity index (χ1n) is 9.28. The van der Waals surface area contributed by atoms with Crippen molar-refractivity contribution in [2.75, 3.05) is 19.7 Å². The summed E-state index contributed by atoms with van der Waals surface area (Å²) in [6, 6.07) is 1.92. The van der Waals surface area contributed by atoms with Crippen molar-refractivity contribution in [1.82, 2.24) is 24.4 Å². The van der Waals surface area contributed by atoms with Crippen molar-refractivity contribution in [3.8, 4) is 0 Å². The average molecular weight is 357 g/mol. The fourth-order valence-corrected chi connectivity index (χ4v) is 3.28. The number of rotatable bonds is 7. The van der Waals surface area contributed by atoms with Crippen LogP contribution in [0.15, 0.2) is 31.0 Å². The number of aryl methyl sites for hydroxylation is 2. The molecule has 0 saturated carbocycles. The Labute approximate surface area is 154 Å². The number of carbonyl (C=O) groups is 1. The Morgan fingerprint density at radius 2 is 2.23 bits per heavy atom. The van der Waals surface area contributed by atoms with Gasteiger partial charge in [0.25, 0.3) is 0 Å². The molecule has 3 rings (SSSR count). The van der Waals surface area contributed by atoms with Crippen LogP contribution in [-0.4, -0.2) is 56.1 Å². The maximum Gasteiger partial charge on any atom is 0.224 e. The molecule has 1 amide bonds. The molecule has 0 aromatic carbocycles. The molecular weight excluding hydrogens is 330 g/mol. The van der Waals surface area contributed by atoms with Crippen molar-refractivity contribution in [1.29, 1.82) is 0 Å². The maximum absolute atomic E-state index is 12.6. The lowest BCUT2D eigenvalue weighted by atomic mass is 10.1. The molecule has 1 atom stereocenters. The van der Waals surface area contributed by atoms with Gasteiger partial charge in [-0.05, 0) is 18.9 Å². The minimum atomic E-state index is 0.0714. The first-order chi connectivity index (χ1) is 12.6. The van der Waals surface area contributed by atoms with Gasteiger partial charge in [-0.15, -0.1) is 0 Å². The SMILES string of the molecule is CC(C)c1nccn1CCC(=O)N1CCO[C@@H](CCc2ccncn2)C1. The molecule has 1 aliphatic heterocycles. The molecule has 3 heterocycles. The predicted octanol–water partition coefficient (Wildman–Crippen LogP) is 2.05. The topological polar surface area (TPSA) is 73.1 Å². The first kappa shape index (κ1) is 18.5. The van der Waals surface area contributed by atoms with Crippen LogP contribution in [0.1, 0.15) is 44.1 Å². The van der Waals surface area contributed by atoms with E-state index in [4.69, 9.17) is 4.74 Å². The Hall–Kier alpha value is -2.28. The molecule has 140 valence electrons. The van der Waals surface area contributed by atoms with E-state index < -0.39 is 0 Å². The second kappa shape index (κ2) is 8.89. The lowest BCUT2D eigenvalue weighted by molar-refractivity contribution is -0.139. The lowest BCUT2D eigenvalue weighted by Crippen LogP contribution is -2.46. The van der Waals surface area contributed by atoms with E-state index in [0.29, 0.717) is 38.6 Å². The van der Waals surface area contributed by atoms with Crippen LogP contribution in [0.2, 0.25) is 0 Å². The number of carbonyl (C=O) groups excluding carboxylic acids is 1. The van der Waals surface area contributed by atoms with Crippen molar-refractivity contribution < 1.29 is 9.53 Å². The summed E-state index contributed by atoms with van der Waals surface area (Å²) in [6.07, 6.45) is 9.33. The molecule has 0 radical (unpaired) electrons. The Morgan fingerprint density at radius 1 is 1.35 bits per heavy atom. The molecule has 1 saturated heterocycles. The summed E-state index contributed by atoms with van der Waals surface area (Å²) >= 11 is 0. The Kier molecular flexibility index (Phi) is 6.33. The molecule has 7 nitrogen and oxygen atoms in total. The predicted molar refractivity (Wildman–Crippen MR) is 97.6 cm³/mol. The van der Waals surface area contributed by atoms with E-state index in [-0.39, 0.29) is 12.0 Å². The van der Waals surface area contributed by atoms with Crippen LogP contribution in [0.4, 0.5) is 0 Å². The Bertz CT molecular complexity index is 701. The zero-order chi connectivity index (χ0) is 18.4. The van der Waals surface area contributed by atoms with Gasteiger partial charge in [0.05, 0.1) is 12.7 Å². The molecule has 0 aliphatic carbocycles. The van der Waals surface area contributed by atoms with Gasteiger partial charge >= 0.3 is 0 Å². The van der Waals surface area contributed by atoms with E-state index >= 15 is 0 Å². The normalized spacial score (nSPS) is 17.7. The average Bonchev–Trinajstić information content (AvgIpc) is 3.14. The monoisotopic (exact) mass is 357 g/mol. The molecule has 2 aromatic rings. The summed E-state index contributed by atoms with van der Waals surface area (Å²) < 4.78 is 7.91. The van der Waals surface area contributed by atoms with Gasteiger partial charge in [0.15, 0.2) is 0 Å². The third kappa shape index (κ3) is 4.88. The molecule has 0 bridgehead atoms. The number of imidazole rings is 1. The number of nitrogens with zero attached hydrogens (tertiary/aromatic N) is 5. The molecule has 26 heavy (non-hydrogen) atoms. The molecule has 7 heteroatoms. The van der Waals surface area contributed by atoms with E-state index in [0.717, 1.165) is 24.4 Å². The minimum Gasteiger partial charge on any atom is -0.375 e. The van der Waals surface area contributed by atoms with Crippen molar-refractivity contribution in [3.05, 3.63) is 42.5 Å². The summed E-state index contributed by atoms with van der Waals surface area (Å²) in [7, 11) is 0. The van der Waals surface area contributed by atoms with E-state index in [1.165, 1.54) is 0 Å². The molecular formula is C19H27N5O2. The first-order valence-corrected chi connectivity index (χ1v) is 9.28. The van der Waals surface area contributed by atoms with Gasteiger partial charge in [-0.25, -0.2) is 15.0 Å². The largest absolute Gasteiger partial charge is 0.375 e. The van der Waals surface area contributed by atoms with Gasteiger partial charge in [0, 0.05) is 56.3 Å². The lowest BCUT2D eigenvalue weighted by Gasteiger charge is -2.33. The summed E-state index contributed by atoms with van der Waals surface area (Å²) in [4.78, 5) is 27.1. The van der Waals surface area contributed by atoms with Crippen LogP contribution in [0.5, 0.6) is 0 Å². The highest BCUT2D eigenvalue weighted by Crippen LogP contribution is 2.15. The highest BCUT2D eigenvalue weighted by atomic mass is 16.5.